The minimum Gasteiger partial charge on any atom is -0.355 e. The number of nitrogens with one attached hydrogen (secondary N) is 1. The maximum Gasteiger partial charge on any atom is 0.227 e. The number of aromatic nitrogens is 3. The molecule has 2 aromatic rings. The summed E-state index contributed by atoms with van der Waals surface area (Å²) in [5, 5.41) is 7.26. The fourth-order valence-corrected chi connectivity index (χ4v) is 3.06. The molecule has 1 saturated heterocycles. The van der Waals surface area contributed by atoms with Crippen molar-refractivity contribution in [2.45, 2.75) is 26.2 Å². The number of pyridine rings is 1. The standard InChI is InChI=1S/C17H20ClN5O2/c1-2-22(15(24)7-3-5-12-9-20-17(12)25)14-11-23(21-16(14)18)13-6-4-8-19-10-13/h4,6,8,10-12H,2-3,5,7,9H2,1H3,(H,20,25). The number of halogens is 1. The van der Waals surface area contributed by atoms with E-state index in [9.17, 15) is 9.59 Å². The van der Waals surface area contributed by atoms with Gasteiger partial charge in [0.05, 0.1) is 24.0 Å². The SMILES string of the molecule is CCN(C(=O)CCCC1CNC1=O)c1cn(-c2cccnc2)nc1Cl. The van der Waals surface area contributed by atoms with Crippen LogP contribution in [0.4, 0.5) is 5.69 Å². The van der Waals surface area contributed by atoms with Crippen LogP contribution in [0.2, 0.25) is 5.15 Å². The fourth-order valence-electron chi connectivity index (χ4n) is 2.82. The Labute approximate surface area is 151 Å². The lowest BCUT2D eigenvalue weighted by atomic mass is 9.95. The number of nitrogens with zero attached hydrogens (tertiary/aromatic N) is 4. The van der Waals surface area contributed by atoms with E-state index >= 15 is 0 Å². The highest BCUT2D eigenvalue weighted by Crippen LogP contribution is 2.27. The molecule has 1 aliphatic heterocycles. The first-order valence-electron chi connectivity index (χ1n) is 8.33. The highest BCUT2D eigenvalue weighted by molar-refractivity contribution is 6.32. The Morgan fingerprint density at radius 3 is 2.96 bits per heavy atom. The topological polar surface area (TPSA) is 80.1 Å². The quantitative estimate of drug-likeness (QED) is 0.766. The molecule has 3 heterocycles. The summed E-state index contributed by atoms with van der Waals surface area (Å²) < 4.78 is 1.61. The number of β-lactam (4-membered cyclic amide) rings is 1. The molecule has 7 nitrogen and oxygen atoms in total. The van der Waals surface area contributed by atoms with Crippen LogP contribution in [0.1, 0.15) is 26.2 Å². The third kappa shape index (κ3) is 3.82. The Morgan fingerprint density at radius 1 is 1.52 bits per heavy atom. The zero-order chi connectivity index (χ0) is 17.8. The third-order valence-electron chi connectivity index (χ3n) is 4.31. The van der Waals surface area contributed by atoms with Crippen molar-refractivity contribution in [2.24, 2.45) is 5.92 Å². The van der Waals surface area contributed by atoms with Gasteiger partial charge in [0.25, 0.3) is 0 Å². The van der Waals surface area contributed by atoms with Crippen LogP contribution >= 0.6 is 11.6 Å². The predicted octanol–water partition coefficient (Wildman–Crippen LogP) is 2.19. The van der Waals surface area contributed by atoms with E-state index in [2.05, 4.69) is 15.4 Å². The van der Waals surface area contributed by atoms with Gasteiger partial charge in [0.2, 0.25) is 11.8 Å². The van der Waals surface area contributed by atoms with E-state index in [-0.39, 0.29) is 22.9 Å². The molecule has 1 fully saturated rings. The van der Waals surface area contributed by atoms with Crippen LogP contribution in [-0.4, -0.2) is 39.7 Å². The van der Waals surface area contributed by atoms with Crippen molar-refractivity contribution in [1.82, 2.24) is 20.1 Å². The molecule has 1 N–H and O–H groups in total. The second-order valence-electron chi connectivity index (χ2n) is 5.93. The second-order valence-corrected chi connectivity index (χ2v) is 6.29. The Bertz CT molecular complexity index is 762. The predicted molar refractivity (Wildman–Crippen MR) is 94.7 cm³/mol. The molecule has 1 atom stereocenters. The molecule has 132 valence electrons. The van der Waals surface area contributed by atoms with Gasteiger partial charge in [-0.2, -0.15) is 5.10 Å². The van der Waals surface area contributed by atoms with E-state index in [1.54, 1.807) is 28.2 Å². The number of carbonyl (C=O) groups excluding carboxylic acids is 2. The molecule has 1 aliphatic rings. The zero-order valence-electron chi connectivity index (χ0n) is 14.0. The first-order chi connectivity index (χ1) is 12.1. The molecule has 0 saturated carbocycles. The van der Waals surface area contributed by atoms with Crippen LogP contribution in [0, 0.1) is 5.92 Å². The number of carbonyl (C=O) groups is 2. The van der Waals surface area contributed by atoms with E-state index in [4.69, 9.17) is 11.6 Å². The van der Waals surface area contributed by atoms with Crippen molar-refractivity contribution < 1.29 is 9.59 Å². The number of amides is 2. The third-order valence-corrected chi connectivity index (χ3v) is 4.58. The van der Waals surface area contributed by atoms with Crippen molar-refractivity contribution >= 4 is 29.1 Å². The van der Waals surface area contributed by atoms with Gasteiger partial charge in [0, 0.05) is 25.7 Å². The lowest BCUT2D eigenvalue weighted by Gasteiger charge is -2.26. The van der Waals surface area contributed by atoms with Gasteiger partial charge in [-0.3, -0.25) is 14.6 Å². The largest absolute Gasteiger partial charge is 0.355 e. The number of rotatable bonds is 7. The van der Waals surface area contributed by atoms with Crippen molar-refractivity contribution in [1.29, 1.82) is 0 Å². The summed E-state index contributed by atoms with van der Waals surface area (Å²) >= 11 is 6.25. The Morgan fingerprint density at radius 2 is 2.36 bits per heavy atom. The van der Waals surface area contributed by atoms with Crippen molar-refractivity contribution in [3.8, 4) is 5.69 Å². The normalized spacial score (nSPS) is 16.2. The van der Waals surface area contributed by atoms with Crippen LogP contribution in [0.5, 0.6) is 0 Å². The molecule has 2 amide bonds. The van der Waals surface area contributed by atoms with Crippen molar-refractivity contribution in [2.75, 3.05) is 18.0 Å². The maximum absolute atomic E-state index is 12.6. The summed E-state index contributed by atoms with van der Waals surface area (Å²) in [6, 6.07) is 3.67. The summed E-state index contributed by atoms with van der Waals surface area (Å²) in [6.07, 6.45) is 6.89. The molecule has 25 heavy (non-hydrogen) atoms. The van der Waals surface area contributed by atoms with Gasteiger partial charge in [-0.15, -0.1) is 0 Å². The summed E-state index contributed by atoms with van der Waals surface area (Å²) in [7, 11) is 0. The molecule has 0 aromatic carbocycles. The first kappa shape index (κ1) is 17.4. The molecule has 0 bridgehead atoms. The average molecular weight is 362 g/mol. The number of anilines is 1. The minimum absolute atomic E-state index is 0.0186. The Kier molecular flexibility index (Phi) is 5.33. The highest BCUT2D eigenvalue weighted by Gasteiger charge is 2.27. The van der Waals surface area contributed by atoms with Crippen LogP contribution in [0.15, 0.2) is 30.7 Å². The monoisotopic (exact) mass is 361 g/mol. The lowest BCUT2D eigenvalue weighted by molar-refractivity contribution is -0.131. The first-order valence-corrected chi connectivity index (χ1v) is 8.71. The summed E-state index contributed by atoms with van der Waals surface area (Å²) in [5.74, 6) is 0.121. The van der Waals surface area contributed by atoms with Crippen molar-refractivity contribution in [3.05, 3.63) is 35.9 Å². The molecule has 0 spiro atoms. The Balaban J connectivity index is 1.66. The molecular formula is C17H20ClN5O2. The van der Waals surface area contributed by atoms with Crippen LogP contribution in [0.3, 0.4) is 0 Å². The van der Waals surface area contributed by atoms with Crippen LogP contribution in [0.25, 0.3) is 5.69 Å². The summed E-state index contributed by atoms with van der Waals surface area (Å²) in [6.45, 7) is 3.12. The number of hydrogen-bond donors (Lipinski definition) is 1. The highest BCUT2D eigenvalue weighted by atomic mass is 35.5. The van der Waals surface area contributed by atoms with Gasteiger partial charge in [0.15, 0.2) is 5.15 Å². The van der Waals surface area contributed by atoms with Gasteiger partial charge in [-0.05, 0) is 31.9 Å². The average Bonchev–Trinajstić information content (AvgIpc) is 3.00. The van der Waals surface area contributed by atoms with E-state index in [0.29, 0.717) is 31.6 Å². The number of hydrogen-bond acceptors (Lipinski definition) is 4. The van der Waals surface area contributed by atoms with Gasteiger partial charge >= 0.3 is 0 Å². The molecule has 2 aromatic heterocycles. The van der Waals surface area contributed by atoms with E-state index in [1.807, 2.05) is 19.1 Å². The molecule has 1 unspecified atom stereocenters. The van der Waals surface area contributed by atoms with Crippen LogP contribution < -0.4 is 10.2 Å². The summed E-state index contributed by atoms with van der Waals surface area (Å²) in [4.78, 5) is 29.5. The van der Waals surface area contributed by atoms with Crippen molar-refractivity contribution in [3.63, 3.8) is 0 Å². The molecule has 3 rings (SSSR count). The van der Waals surface area contributed by atoms with E-state index in [0.717, 1.165) is 12.1 Å². The van der Waals surface area contributed by atoms with E-state index < -0.39 is 0 Å². The molecule has 8 heteroatoms. The smallest absolute Gasteiger partial charge is 0.227 e. The van der Waals surface area contributed by atoms with Gasteiger partial charge in [-0.1, -0.05) is 11.6 Å². The molecule has 0 aliphatic carbocycles. The van der Waals surface area contributed by atoms with Gasteiger partial charge in [0.1, 0.15) is 5.69 Å². The summed E-state index contributed by atoms with van der Waals surface area (Å²) in [5.41, 5.74) is 1.36. The maximum atomic E-state index is 12.6. The zero-order valence-corrected chi connectivity index (χ0v) is 14.7. The van der Waals surface area contributed by atoms with Gasteiger partial charge < -0.3 is 10.2 Å². The fraction of sp³-hybridized carbons (Fsp3) is 0.412. The minimum atomic E-state index is -0.0186. The van der Waals surface area contributed by atoms with Gasteiger partial charge in [-0.25, -0.2) is 4.68 Å². The molecular weight excluding hydrogens is 342 g/mol. The van der Waals surface area contributed by atoms with Crippen LogP contribution in [-0.2, 0) is 9.59 Å². The Hall–Kier alpha value is -2.41. The second kappa shape index (κ2) is 7.65. The molecule has 0 radical (unpaired) electrons. The lowest BCUT2D eigenvalue weighted by Crippen LogP contribution is -2.48. The van der Waals surface area contributed by atoms with E-state index in [1.165, 1.54) is 0 Å².